The summed E-state index contributed by atoms with van der Waals surface area (Å²) in [5.74, 6) is 0.141. The zero-order valence-corrected chi connectivity index (χ0v) is 26.2. The van der Waals surface area contributed by atoms with Gasteiger partial charge in [0.15, 0.2) is 0 Å². The fourth-order valence-corrected chi connectivity index (χ4v) is 5.19. The van der Waals surface area contributed by atoms with Gasteiger partial charge in [-0.15, -0.1) is 0 Å². The Morgan fingerprint density at radius 1 is 0.783 bits per heavy atom. The van der Waals surface area contributed by atoms with E-state index in [0.717, 1.165) is 16.7 Å². The molecule has 0 aromatic heterocycles. The third-order valence-electron chi connectivity index (χ3n) is 7.66. The highest BCUT2D eigenvalue weighted by Gasteiger charge is 2.37. The van der Waals surface area contributed by atoms with E-state index in [1.54, 1.807) is 25.2 Å². The van der Waals surface area contributed by atoms with E-state index < -0.39 is 17.6 Å². The molecule has 0 aliphatic carbocycles. The van der Waals surface area contributed by atoms with Crippen LogP contribution >= 0.6 is 0 Å². The Morgan fingerprint density at radius 3 is 1.87 bits per heavy atom. The van der Waals surface area contributed by atoms with Crippen molar-refractivity contribution in [2.45, 2.75) is 43.9 Å². The number of esters is 1. The van der Waals surface area contributed by atoms with Gasteiger partial charge < -0.3 is 30.6 Å². The van der Waals surface area contributed by atoms with E-state index in [4.69, 9.17) is 19.9 Å². The van der Waals surface area contributed by atoms with Crippen molar-refractivity contribution in [2.24, 2.45) is 5.73 Å². The molecule has 4 rings (SSSR count). The highest BCUT2D eigenvalue weighted by Crippen LogP contribution is 2.37. The first-order valence-corrected chi connectivity index (χ1v) is 15.3. The first kappa shape index (κ1) is 33.7. The summed E-state index contributed by atoms with van der Waals surface area (Å²) in [7, 11) is 3.11. The molecule has 9 heteroatoms. The number of carbonyl (C=O) groups is 3. The highest BCUT2D eigenvalue weighted by molar-refractivity contribution is 5.81. The summed E-state index contributed by atoms with van der Waals surface area (Å²) in [6, 6.07) is 33.6. The average molecular weight is 624 g/mol. The van der Waals surface area contributed by atoms with Gasteiger partial charge in [-0.25, -0.2) is 0 Å². The summed E-state index contributed by atoms with van der Waals surface area (Å²) in [4.78, 5) is 37.8. The van der Waals surface area contributed by atoms with E-state index in [0.29, 0.717) is 36.5 Å². The van der Waals surface area contributed by atoms with Crippen molar-refractivity contribution >= 4 is 17.8 Å². The van der Waals surface area contributed by atoms with Crippen molar-refractivity contribution in [1.29, 1.82) is 0 Å². The number of rotatable bonds is 16. The molecule has 0 saturated carbocycles. The molecule has 0 spiro atoms. The first-order valence-electron chi connectivity index (χ1n) is 15.3. The summed E-state index contributed by atoms with van der Waals surface area (Å²) in [5.41, 5.74) is 8.57. The quantitative estimate of drug-likeness (QED) is 0.0924. The van der Waals surface area contributed by atoms with Crippen LogP contribution in [-0.4, -0.2) is 44.6 Å². The first-order chi connectivity index (χ1) is 22.4. The van der Waals surface area contributed by atoms with Gasteiger partial charge in [0.25, 0.3) is 0 Å². The molecule has 2 amide bonds. The van der Waals surface area contributed by atoms with Crippen LogP contribution < -0.4 is 25.8 Å². The molecule has 0 heterocycles. The van der Waals surface area contributed by atoms with E-state index in [-0.39, 0.29) is 31.3 Å². The van der Waals surface area contributed by atoms with Crippen molar-refractivity contribution in [1.82, 2.24) is 10.6 Å². The number of ether oxygens (including phenoxy) is 3. The lowest BCUT2D eigenvalue weighted by atomic mass is 9.77. The molecule has 0 aliphatic rings. The fourth-order valence-electron chi connectivity index (χ4n) is 5.19. The maximum absolute atomic E-state index is 13.6. The molecule has 0 bridgehead atoms. The van der Waals surface area contributed by atoms with Crippen LogP contribution in [0.5, 0.6) is 11.5 Å². The number of benzene rings is 4. The Labute approximate surface area is 270 Å². The largest absolute Gasteiger partial charge is 0.496 e. The van der Waals surface area contributed by atoms with Gasteiger partial charge in [0.2, 0.25) is 11.8 Å². The zero-order valence-electron chi connectivity index (χ0n) is 26.2. The van der Waals surface area contributed by atoms with Gasteiger partial charge in [0.05, 0.1) is 13.7 Å². The maximum atomic E-state index is 13.6. The molecule has 0 aliphatic heterocycles. The van der Waals surface area contributed by atoms with Crippen molar-refractivity contribution in [3.8, 4) is 11.5 Å². The topological polar surface area (TPSA) is 129 Å². The minimum Gasteiger partial charge on any atom is -0.496 e. The SMILES string of the molecule is CNC(=O)CCCOc1ccc(COC(=O)[C@@H](N)CCC(=O)NC(c2ccccc2)(c2ccccc2)c2ccccc2)c(OC)c1. The van der Waals surface area contributed by atoms with Gasteiger partial charge in [-0.2, -0.15) is 0 Å². The van der Waals surface area contributed by atoms with E-state index >= 15 is 0 Å². The molecule has 46 heavy (non-hydrogen) atoms. The van der Waals surface area contributed by atoms with Crippen molar-refractivity contribution < 1.29 is 28.6 Å². The van der Waals surface area contributed by atoms with Gasteiger partial charge in [-0.05, 0) is 41.7 Å². The lowest BCUT2D eigenvalue weighted by Gasteiger charge is -2.37. The van der Waals surface area contributed by atoms with E-state index in [1.807, 2.05) is 91.0 Å². The molecule has 0 saturated heterocycles. The number of methoxy groups -OCH3 is 1. The van der Waals surface area contributed by atoms with Crippen LogP contribution in [0.4, 0.5) is 0 Å². The third kappa shape index (κ3) is 8.73. The van der Waals surface area contributed by atoms with Crippen LogP contribution in [0, 0.1) is 0 Å². The normalized spacial score (nSPS) is 11.6. The van der Waals surface area contributed by atoms with Gasteiger partial charge >= 0.3 is 5.97 Å². The van der Waals surface area contributed by atoms with E-state index in [9.17, 15) is 14.4 Å². The number of amides is 2. The van der Waals surface area contributed by atoms with Gasteiger partial charge in [-0.1, -0.05) is 91.0 Å². The zero-order chi connectivity index (χ0) is 32.8. The molecule has 4 N–H and O–H groups in total. The van der Waals surface area contributed by atoms with Crippen LogP contribution in [0.15, 0.2) is 109 Å². The maximum Gasteiger partial charge on any atom is 0.323 e. The summed E-state index contributed by atoms with van der Waals surface area (Å²) >= 11 is 0. The molecular formula is C37H41N3O6. The Kier molecular flexibility index (Phi) is 12.3. The van der Waals surface area contributed by atoms with Crippen LogP contribution in [0.1, 0.15) is 47.9 Å². The van der Waals surface area contributed by atoms with Crippen molar-refractivity contribution in [3.63, 3.8) is 0 Å². The summed E-state index contributed by atoms with van der Waals surface area (Å²) in [5, 5.41) is 5.86. The highest BCUT2D eigenvalue weighted by atomic mass is 16.5. The predicted molar refractivity (Wildman–Crippen MR) is 176 cm³/mol. The molecule has 1 atom stereocenters. The number of carbonyl (C=O) groups excluding carboxylic acids is 3. The minimum atomic E-state index is -1.00. The molecule has 0 radical (unpaired) electrons. The summed E-state index contributed by atoms with van der Waals surface area (Å²) in [6.45, 7) is 0.314. The van der Waals surface area contributed by atoms with Crippen molar-refractivity contribution in [2.75, 3.05) is 20.8 Å². The third-order valence-corrected chi connectivity index (χ3v) is 7.66. The molecule has 240 valence electrons. The Bertz CT molecular complexity index is 1470. The van der Waals surface area contributed by atoms with Crippen LogP contribution in [0.25, 0.3) is 0 Å². The van der Waals surface area contributed by atoms with Crippen molar-refractivity contribution in [3.05, 3.63) is 131 Å². The van der Waals surface area contributed by atoms with E-state index in [1.165, 1.54) is 7.11 Å². The Balaban J connectivity index is 1.38. The molecule has 9 nitrogen and oxygen atoms in total. The predicted octanol–water partition coefficient (Wildman–Crippen LogP) is 4.86. The second-order valence-corrected chi connectivity index (χ2v) is 10.7. The number of nitrogens with one attached hydrogen (secondary N) is 2. The lowest BCUT2D eigenvalue weighted by molar-refractivity contribution is -0.146. The van der Waals surface area contributed by atoms with Crippen LogP contribution in [0.3, 0.4) is 0 Å². The Morgan fingerprint density at radius 2 is 1.35 bits per heavy atom. The smallest absolute Gasteiger partial charge is 0.323 e. The van der Waals surface area contributed by atoms with Crippen LogP contribution in [0.2, 0.25) is 0 Å². The molecule has 4 aromatic rings. The molecule has 0 unspecified atom stereocenters. The average Bonchev–Trinajstić information content (AvgIpc) is 3.11. The summed E-state index contributed by atoms with van der Waals surface area (Å²) < 4.78 is 16.7. The minimum absolute atomic E-state index is 0.0137. The molecule has 0 fully saturated rings. The number of nitrogens with two attached hydrogens (primary N) is 1. The number of hydrogen-bond acceptors (Lipinski definition) is 7. The van der Waals surface area contributed by atoms with Gasteiger partial charge in [0, 0.05) is 31.5 Å². The Hall–Kier alpha value is -5.15. The number of hydrogen-bond donors (Lipinski definition) is 3. The molecular weight excluding hydrogens is 582 g/mol. The van der Waals surface area contributed by atoms with Crippen LogP contribution in [-0.2, 0) is 31.3 Å². The van der Waals surface area contributed by atoms with E-state index in [2.05, 4.69) is 10.6 Å². The standard InChI is InChI=1S/C37H41N3O6/c1-39-34(41)19-12-24-45-31-21-20-27(33(25-31)44-2)26-46-36(43)32(38)22-23-35(42)40-37(28-13-6-3-7-14-28,29-15-8-4-9-16-29)30-17-10-5-11-18-30/h3-11,13-18,20-21,25,32H,12,19,22-24,26,38H2,1-2H3,(H,39,41)(H,40,42)/t32-/m0/s1. The van der Waals surface area contributed by atoms with Gasteiger partial charge in [-0.3, -0.25) is 14.4 Å². The summed E-state index contributed by atoms with van der Waals surface area (Å²) in [6.07, 6.45) is 1.05. The second-order valence-electron chi connectivity index (χ2n) is 10.7. The monoisotopic (exact) mass is 623 g/mol. The lowest BCUT2D eigenvalue weighted by Crippen LogP contribution is -2.48. The van der Waals surface area contributed by atoms with Gasteiger partial charge in [0.1, 0.15) is 29.7 Å². The fraction of sp³-hybridized carbons (Fsp3) is 0.270. The molecule has 4 aromatic carbocycles. The second kappa shape index (κ2) is 16.8.